The van der Waals surface area contributed by atoms with E-state index >= 15 is 0 Å². The second kappa shape index (κ2) is 4.73. The van der Waals surface area contributed by atoms with E-state index in [0.717, 1.165) is 11.0 Å². The Labute approximate surface area is 135 Å². The molecular formula is C16H16N2S3. The summed E-state index contributed by atoms with van der Waals surface area (Å²) >= 11 is 5.18. The molecule has 0 saturated heterocycles. The summed E-state index contributed by atoms with van der Waals surface area (Å²) < 4.78 is 11.9. The zero-order chi connectivity index (χ0) is 14.7. The largest absolute Gasteiger partial charge is 0.172 e. The van der Waals surface area contributed by atoms with E-state index in [2.05, 4.69) is 48.6 Å². The Morgan fingerprint density at radius 2 is 1.19 bits per heavy atom. The molecule has 0 fully saturated rings. The van der Waals surface area contributed by atoms with Gasteiger partial charge < -0.3 is 0 Å². The third kappa shape index (κ3) is 1.94. The summed E-state index contributed by atoms with van der Waals surface area (Å²) in [5.41, 5.74) is 2.16. The Bertz CT molecular complexity index is 880. The SMILES string of the molecule is CC(C)c1cc2c3nsnc3c3cc(C(C)C)sc3c2s1. The highest BCUT2D eigenvalue weighted by molar-refractivity contribution is 7.27. The van der Waals surface area contributed by atoms with Gasteiger partial charge in [-0.1, -0.05) is 27.7 Å². The normalized spacial score (nSPS) is 12.7. The number of rotatable bonds is 2. The van der Waals surface area contributed by atoms with Crippen LogP contribution in [-0.2, 0) is 0 Å². The highest BCUT2D eigenvalue weighted by Gasteiger charge is 2.19. The molecular weight excluding hydrogens is 316 g/mol. The molecule has 4 aromatic rings. The first-order valence-corrected chi connectivity index (χ1v) is 9.53. The Morgan fingerprint density at radius 3 is 1.57 bits per heavy atom. The first-order chi connectivity index (χ1) is 10.1. The highest BCUT2D eigenvalue weighted by atomic mass is 32.1. The molecule has 21 heavy (non-hydrogen) atoms. The van der Waals surface area contributed by atoms with Crippen molar-refractivity contribution in [2.75, 3.05) is 0 Å². The minimum absolute atomic E-state index is 0.559. The van der Waals surface area contributed by atoms with Crippen molar-refractivity contribution in [1.82, 2.24) is 8.75 Å². The van der Waals surface area contributed by atoms with Gasteiger partial charge in [0.2, 0.25) is 0 Å². The molecule has 108 valence electrons. The van der Waals surface area contributed by atoms with E-state index in [9.17, 15) is 0 Å². The quantitative estimate of drug-likeness (QED) is 0.426. The summed E-state index contributed by atoms with van der Waals surface area (Å²) in [6.45, 7) is 9.03. The molecule has 3 aromatic heterocycles. The van der Waals surface area contributed by atoms with Crippen LogP contribution >= 0.6 is 34.4 Å². The zero-order valence-electron chi connectivity index (χ0n) is 12.4. The van der Waals surface area contributed by atoms with Crippen LogP contribution in [0.25, 0.3) is 31.2 Å². The van der Waals surface area contributed by atoms with Crippen LogP contribution in [0.15, 0.2) is 12.1 Å². The molecule has 4 rings (SSSR count). The Morgan fingerprint density at radius 1 is 0.762 bits per heavy atom. The average molecular weight is 333 g/mol. The van der Waals surface area contributed by atoms with Crippen LogP contribution in [0.5, 0.6) is 0 Å². The van der Waals surface area contributed by atoms with E-state index < -0.39 is 0 Å². The number of hydrogen-bond donors (Lipinski definition) is 0. The van der Waals surface area contributed by atoms with Crippen molar-refractivity contribution in [2.24, 2.45) is 0 Å². The summed E-state index contributed by atoms with van der Waals surface area (Å²) in [6, 6.07) is 4.64. The van der Waals surface area contributed by atoms with E-state index in [4.69, 9.17) is 0 Å². The molecule has 0 radical (unpaired) electrons. The van der Waals surface area contributed by atoms with E-state index in [1.807, 2.05) is 22.7 Å². The van der Waals surface area contributed by atoms with Crippen molar-refractivity contribution in [3.63, 3.8) is 0 Å². The molecule has 0 amide bonds. The van der Waals surface area contributed by atoms with Crippen molar-refractivity contribution in [3.05, 3.63) is 21.9 Å². The molecule has 1 aromatic carbocycles. The lowest BCUT2D eigenvalue weighted by Gasteiger charge is -1.96. The average Bonchev–Trinajstić information content (AvgIpc) is 3.14. The third-order valence-electron chi connectivity index (χ3n) is 3.85. The second-order valence-electron chi connectivity index (χ2n) is 6.05. The predicted molar refractivity (Wildman–Crippen MR) is 96.4 cm³/mol. The van der Waals surface area contributed by atoms with Crippen molar-refractivity contribution in [1.29, 1.82) is 0 Å². The van der Waals surface area contributed by atoms with Gasteiger partial charge in [0.1, 0.15) is 11.0 Å². The van der Waals surface area contributed by atoms with Crippen LogP contribution < -0.4 is 0 Å². The third-order valence-corrected chi connectivity index (χ3v) is 7.41. The summed E-state index contributed by atoms with van der Waals surface area (Å²) in [5, 5.41) is 2.58. The Kier molecular flexibility index (Phi) is 3.07. The summed E-state index contributed by atoms with van der Waals surface area (Å²) in [5.74, 6) is 1.12. The first-order valence-electron chi connectivity index (χ1n) is 7.17. The number of thiophene rings is 2. The number of hydrogen-bond acceptors (Lipinski definition) is 5. The lowest BCUT2D eigenvalue weighted by atomic mass is 10.1. The van der Waals surface area contributed by atoms with Gasteiger partial charge >= 0.3 is 0 Å². The van der Waals surface area contributed by atoms with Crippen LogP contribution in [0.2, 0.25) is 0 Å². The lowest BCUT2D eigenvalue weighted by molar-refractivity contribution is 0.890. The maximum atomic E-state index is 4.57. The van der Waals surface area contributed by atoms with Crippen molar-refractivity contribution in [2.45, 2.75) is 39.5 Å². The molecule has 2 nitrogen and oxygen atoms in total. The number of benzene rings is 1. The first kappa shape index (κ1) is 13.6. The fourth-order valence-corrected chi connectivity index (χ4v) is 5.68. The van der Waals surface area contributed by atoms with Crippen molar-refractivity contribution >= 4 is 65.6 Å². The van der Waals surface area contributed by atoms with E-state index in [1.54, 1.807) is 0 Å². The van der Waals surface area contributed by atoms with Gasteiger partial charge in [-0.15, -0.1) is 22.7 Å². The molecule has 0 atom stereocenters. The van der Waals surface area contributed by atoms with E-state index in [-0.39, 0.29) is 0 Å². The van der Waals surface area contributed by atoms with Crippen LogP contribution in [-0.4, -0.2) is 8.75 Å². The molecule has 0 aliphatic heterocycles. The van der Waals surface area contributed by atoms with Crippen LogP contribution in [0.3, 0.4) is 0 Å². The molecule has 0 unspecified atom stereocenters. The van der Waals surface area contributed by atoms with Gasteiger partial charge in [-0.3, -0.25) is 0 Å². The molecule has 0 spiro atoms. The molecule has 0 N–H and O–H groups in total. The molecule has 0 bridgehead atoms. The van der Waals surface area contributed by atoms with Crippen molar-refractivity contribution < 1.29 is 0 Å². The van der Waals surface area contributed by atoms with E-state index in [1.165, 1.54) is 41.7 Å². The summed E-state index contributed by atoms with van der Waals surface area (Å²) in [4.78, 5) is 2.87. The molecule has 3 heterocycles. The molecule has 5 heteroatoms. The standard InChI is InChI=1S/C16H16N2S3/c1-7(2)11-5-9-13-14(18-21-17-13)10-6-12(8(3)4)20-16(10)15(9)19-11/h5-8H,1-4H3. The van der Waals surface area contributed by atoms with Crippen molar-refractivity contribution in [3.8, 4) is 0 Å². The smallest absolute Gasteiger partial charge is 0.114 e. The maximum Gasteiger partial charge on any atom is 0.114 e. The molecule has 0 aliphatic carbocycles. The van der Waals surface area contributed by atoms with Crippen LogP contribution in [0.4, 0.5) is 0 Å². The Hall–Kier alpha value is -1.04. The van der Waals surface area contributed by atoms with Gasteiger partial charge in [-0.05, 0) is 24.0 Å². The minimum Gasteiger partial charge on any atom is -0.172 e. The second-order valence-corrected chi connectivity index (χ2v) is 8.75. The molecule has 0 aliphatic rings. The predicted octanol–water partition coefficient (Wildman–Crippen LogP) is 6.37. The highest BCUT2D eigenvalue weighted by Crippen LogP contribution is 2.45. The Balaban J connectivity index is 2.21. The van der Waals surface area contributed by atoms with Gasteiger partial charge in [0, 0.05) is 20.5 Å². The summed E-state index contributed by atoms with van der Waals surface area (Å²) in [7, 11) is 0. The fraction of sp³-hybridized carbons (Fsp3) is 0.375. The minimum atomic E-state index is 0.559. The fourth-order valence-electron chi connectivity index (χ4n) is 2.62. The monoisotopic (exact) mass is 332 g/mol. The van der Waals surface area contributed by atoms with Gasteiger partial charge in [0.25, 0.3) is 0 Å². The summed E-state index contributed by atoms with van der Waals surface area (Å²) in [6.07, 6.45) is 0. The van der Waals surface area contributed by atoms with Gasteiger partial charge in [0.15, 0.2) is 0 Å². The van der Waals surface area contributed by atoms with Gasteiger partial charge in [-0.2, -0.15) is 8.75 Å². The number of nitrogens with zero attached hydrogens (tertiary/aromatic N) is 2. The zero-order valence-corrected chi connectivity index (χ0v) is 14.9. The molecule has 0 saturated carbocycles. The van der Waals surface area contributed by atoms with Crippen LogP contribution in [0, 0.1) is 0 Å². The van der Waals surface area contributed by atoms with E-state index in [0.29, 0.717) is 11.8 Å². The van der Waals surface area contributed by atoms with Gasteiger partial charge in [-0.25, -0.2) is 0 Å². The number of aromatic nitrogens is 2. The lowest BCUT2D eigenvalue weighted by Crippen LogP contribution is -1.78. The van der Waals surface area contributed by atoms with Gasteiger partial charge in [0.05, 0.1) is 21.1 Å². The number of fused-ring (bicyclic) bond motifs is 6. The van der Waals surface area contributed by atoms with Crippen LogP contribution in [0.1, 0.15) is 49.3 Å². The maximum absolute atomic E-state index is 4.57. The topological polar surface area (TPSA) is 25.8 Å².